The van der Waals surface area contributed by atoms with Crippen molar-refractivity contribution in [3.8, 4) is 11.5 Å². The number of para-hydroxylation sites is 1. The first-order chi connectivity index (χ1) is 16.0. The fourth-order valence-electron chi connectivity index (χ4n) is 3.12. The molecule has 0 aliphatic carbocycles. The second-order valence-corrected chi connectivity index (χ2v) is 8.75. The van der Waals surface area contributed by atoms with E-state index in [0.29, 0.717) is 51.4 Å². The standard InChI is InChI=1S/C24H26BrN3O4S/c1-4-26-24-28(5-2)23(30)20(33-24)14-16-12-18(25)22(19(13-16)31-6-3)32-15-21(29)27-17-10-8-7-9-11-17/h7-14H,4-6,15H2,1-3H3,(H,27,29)/b20-14+,26-24?. The predicted molar refractivity (Wildman–Crippen MR) is 137 cm³/mol. The van der Waals surface area contributed by atoms with Crippen LogP contribution in [-0.4, -0.2) is 48.2 Å². The summed E-state index contributed by atoms with van der Waals surface area (Å²) in [5.74, 6) is 0.561. The van der Waals surface area contributed by atoms with Gasteiger partial charge < -0.3 is 14.8 Å². The Bertz CT molecular complexity index is 1070. The van der Waals surface area contributed by atoms with E-state index in [2.05, 4.69) is 26.2 Å². The zero-order valence-corrected chi connectivity index (χ0v) is 21.2. The van der Waals surface area contributed by atoms with Crippen molar-refractivity contribution in [2.45, 2.75) is 20.8 Å². The summed E-state index contributed by atoms with van der Waals surface area (Å²) in [5.41, 5.74) is 1.47. The van der Waals surface area contributed by atoms with Gasteiger partial charge in [0.1, 0.15) is 0 Å². The van der Waals surface area contributed by atoms with E-state index >= 15 is 0 Å². The summed E-state index contributed by atoms with van der Waals surface area (Å²) >= 11 is 4.88. The van der Waals surface area contributed by atoms with Crippen LogP contribution in [0.25, 0.3) is 6.08 Å². The van der Waals surface area contributed by atoms with E-state index in [9.17, 15) is 9.59 Å². The first kappa shape index (κ1) is 24.9. The molecule has 2 amide bonds. The van der Waals surface area contributed by atoms with Crippen LogP contribution in [0.3, 0.4) is 0 Å². The first-order valence-electron chi connectivity index (χ1n) is 10.7. The monoisotopic (exact) mass is 531 g/mol. The average molecular weight is 532 g/mol. The number of benzene rings is 2. The molecular formula is C24H26BrN3O4S. The van der Waals surface area contributed by atoms with Crippen molar-refractivity contribution in [2.24, 2.45) is 4.99 Å². The van der Waals surface area contributed by atoms with Crippen molar-refractivity contribution in [1.29, 1.82) is 0 Å². The molecule has 1 N–H and O–H groups in total. The van der Waals surface area contributed by atoms with Crippen LogP contribution >= 0.6 is 27.7 Å². The molecule has 0 aromatic heterocycles. The van der Waals surface area contributed by atoms with Crippen molar-refractivity contribution in [2.75, 3.05) is 31.6 Å². The number of nitrogens with one attached hydrogen (secondary N) is 1. The molecule has 1 heterocycles. The van der Waals surface area contributed by atoms with Gasteiger partial charge in [0.15, 0.2) is 23.3 Å². The van der Waals surface area contributed by atoms with E-state index in [-0.39, 0.29) is 18.4 Å². The third kappa shape index (κ3) is 6.39. The van der Waals surface area contributed by atoms with Crippen LogP contribution in [0.5, 0.6) is 11.5 Å². The molecule has 0 radical (unpaired) electrons. The van der Waals surface area contributed by atoms with Gasteiger partial charge in [-0.1, -0.05) is 18.2 Å². The average Bonchev–Trinajstić information content (AvgIpc) is 3.08. The summed E-state index contributed by atoms with van der Waals surface area (Å²) in [6, 6.07) is 12.8. The second kappa shape index (κ2) is 11.9. The Morgan fingerprint density at radius 1 is 1.18 bits per heavy atom. The van der Waals surface area contributed by atoms with Crippen LogP contribution in [0.2, 0.25) is 0 Å². The number of ether oxygens (including phenoxy) is 2. The molecule has 3 rings (SSSR count). The minimum atomic E-state index is -0.280. The molecule has 0 atom stereocenters. The summed E-state index contributed by atoms with van der Waals surface area (Å²) in [4.78, 5) is 31.7. The van der Waals surface area contributed by atoms with Crippen LogP contribution in [0.15, 0.2) is 56.8 Å². The van der Waals surface area contributed by atoms with Gasteiger partial charge in [-0.25, -0.2) is 0 Å². The molecule has 1 fully saturated rings. The van der Waals surface area contributed by atoms with E-state index < -0.39 is 0 Å². The van der Waals surface area contributed by atoms with E-state index in [1.807, 2.05) is 51.1 Å². The third-order valence-corrected chi connectivity index (χ3v) is 6.17. The number of hydrogen-bond donors (Lipinski definition) is 1. The third-order valence-electron chi connectivity index (χ3n) is 4.53. The van der Waals surface area contributed by atoms with E-state index in [4.69, 9.17) is 9.47 Å². The Hall–Kier alpha value is -2.78. The van der Waals surface area contributed by atoms with Crippen molar-refractivity contribution in [3.05, 3.63) is 57.4 Å². The van der Waals surface area contributed by atoms with Crippen molar-refractivity contribution in [1.82, 2.24) is 4.90 Å². The minimum Gasteiger partial charge on any atom is -0.490 e. The number of carbonyl (C=O) groups excluding carboxylic acids is 2. The highest BCUT2D eigenvalue weighted by atomic mass is 79.9. The van der Waals surface area contributed by atoms with E-state index in [1.54, 1.807) is 23.1 Å². The van der Waals surface area contributed by atoms with Crippen LogP contribution < -0.4 is 14.8 Å². The van der Waals surface area contributed by atoms with Gasteiger partial charge in [0.05, 0.1) is 16.0 Å². The van der Waals surface area contributed by atoms with Crippen molar-refractivity contribution in [3.63, 3.8) is 0 Å². The van der Waals surface area contributed by atoms with E-state index in [0.717, 1.165) is 5.56 Å². The van der Waals surface area contributed by atoms with Crippen molar-refractivity contribution >= 4 is 56.4 Å². The molecule has 2 aromatic carbocycles. The normalized spacial score (nSPS) is 15.9. The summed E-state index contributed by atoms with van der Waals surface area (Å²) in [7, 11) is 0. The number of aliphatic imine (C=N–C) groups is 1. The summed E-state index contributed by atoms with van der Waals surface area (Å²) in [6.45, 7) is 7.16. The Morgan fingerprint density at radius 3 is 2.61 bits per heavy atom. The number of nitrogens with zero attached hydrogens (tertiary/aromatic N) is 2. The van der Waals surface area contributed by atoms with Crippen LogP contribution in [0.1, 0.15) is 26.3 Å². The zero-order valence-electron chi connectivity index (χ0n) is 18.8. The quantitative estimate of drug-likeness (QED) is 0.451. The van der Waals surface area contributed by atoms with Gasteiger partial charge in [-0.3, -0.25) is 19.5 Å². The van der Waals surface area contributed by atoms with Crippen LogP contribution in [0, 0.1) is 0 Å². The number of anilines is 1. The molecule has 7 nitrogen and oxygen atoms in total. The topological polar surface area (TPSA) is 80.2 Å². The van der Waals surface area contributed by atoms with Gasteiger partial charge in [-0.15, -0.1) is 0 Å². The van der Waals surface area contributed by atoms with Gasteiger partial charge in [-0.2, -0.15) is 0 Å². The van der Waals surface area contributed by atoms with Gasteiger partial charge in [-0.05, 0) is 84.4 Å². The summed E-state index contributed by atoms with van der Waals surface area (Å²) in [5, 5.41) is 3.50. The Kier molecular flexibility index (Phi) is 8.96. The highest BCUT2D eigenvalue weighted by Crippen LogP contribution is 2.39. The maximum absolute atomic E-state index is 12.8. The Morgan fingerprint density at radius 2 is 1.94 bits per heavy atom. The summed E-state index contributed by atoms with van der Waals surface area (Å²) < 4.78 is 12.2. The maximum atomic E-state index is 12.8. The lowest BCUT2D eigenvalue weighted by Gasteiger charge is -2.15. The fourth-order valence-corrected chi connectivity index (χ4v) is 4.80. The number of halogens is 1. The lowest BCUT2D eigenvalue weighted by molar-refractivity contribution is -0.122. The number of amides is 2. The predicted octanol–water partition coefficient (Wildman–Crippen LogP) is 5.18. The molecule has 9 heteroatoms. The number of thioether (sulfide) groups is 1. The van der Waals surface area contributed by atoms with Gasteiger partial charge >= 0.3 is 0 Å². The number of rotatable bonds is 9. The number of amidine groups is 1. The Balaban J connectivity index is 1.79. The van der Waals surface area contributed by atoms with E-state index in [1.165, 1.54) is 11.8 Å². The molecule has 0 bridgehead atoms. The number of hydrogen-bond acceptors (Lipinski definition) is 6. The molecule has 1 saturated heterocycles. The molecule has 33 heavy (non-hydrogen) atoms. The lowest BCUT2D eigenvalue weighted by atomic mass is 10.2. The molecule has 0 spiro atoms. The van der Waals surface area contributed by atoms with Crippen LogP contribution in [-0.2, 0) is 9.59 Å². The molecule has 0 saturated carbocycles. The molecule has 1 aliphatic heterocycles. The maximum Gasteiger partial charge on any atom is 0.266 e. The fraction of sp³-hybridized carbons (Fsp3) is 0.292. The van der Waals surface area contributed by atoms with Gasteiger partial charge in [0, 0.05) is 18.8 Å². The highest BCUT2D eigenvalue weighted by molar-refractivity contribution is 9.10. The molecule has 1 aliphatic rings. The molecular weight excluding hydrogens is 506 g/mol. The largest absolute Gasteiger partial charge is 0.490 e. The second-order valence-electron chi connectivity index (χ2n) is 6.88. The van der Waals surface area contributed by atoms with Crippen molar-refractivity contribution < 1.29 is 19.1 Å². The summed E-state index contributed by atoms with van der Waals surface area (Å²) in [6.07, 6.45) is 1.81. The van der Waals surface area contributed by atoms with Gasteiger partial charge in [0.2, 0.25) is 0 Å². The smallest absolute Gasteiger partial charge is 0.266 e. The Labute approximate surface area is 206 Å². The highest BCUT2D eigenvalue weighted by Gasteiger charge is 2.32. The number of carbonyl (C=O) groups is 2. The van der Waals surface area contributed by atoms with Gasteiger partial charge in [0.25, 0.3) is 11.8 Å². The minimum absolute atomic E-state index is 0.0679. The first-order valence-corrected chi connectivity index (χ1v) is 12.3. The SMILES string of the molecule is CCN=C1S/C(=C/c2cc(Br)c(OCC(=O)Nc3ccccc3)c(OCC)c2)C(=O)N1CC. The number of likely N-dealkylation sites (N-methyl/N-ethyl adjacent to an activating group) is 1. The zero-order chi connectivity index (χ0) is 23.8. The lowest BCUT2D eigenvalue weighted by Crippen LogP contribution is -2.28. The van der Waals surface area contributed by atoms with Crippen LogP contribution in [0.4, 0.5) is 5.69 Å². The molecule has 174 valence electrons. The molecule has 0 unspecified atom stereocenters. The molecule has 2 aromatic rings.